The molecule has 7 nitrogen and oxygen atoms in total. The number of allylic oxidation sites excluding steroid dienone is 3. The Morgan fingerprint density at radius 1 is 1.18 bits per heavy atom. The van der Waals surface area contributed by atoms with Crippen LogP contribution in [0.1, 0.15) is 68.3 Å². The summed E-state index contributed by atoms with van der Waals surface area (Å²) in [4.78, 5) is 32.8. The molecule has 2 atom stereocenters. The molecular weight excluding hydrogens is 456 g/mol. The van der Waals surface area contributed by atoms with E-state index in [1.165, 1.54) is 12.1 Å². The van der Waals surface area contributed by atoms with E-state index in [1.54, 1.807) is 6.08 Å². The number of piperidine rings is 1. The van der Waals surface area contributed by atoms with E-state index < -0.39 is 5.97 Å². The number of amides is 1. The van der Waals surface area contributed by atoms with Crippen LogP contribution in [0, 0.1) is 0 Å². The Balaban J connectivity index is 1.82. The van der Waals surface area contributed by atoms with Gasteiger partial charge in [0.1, 0.15) is 5.75 Å². The van der Waals surface area contributed by atoms with Crippen LogP contribution in [0.15, 0.2) is 41.6 Å². The average Bonchev–Trinajstić information content (AvgIpc) is 2.80. The Morgan fingerprint density at radius 2 is 1.88 bits per heavy atom. The molecule has 1 N–H and O–H groups in total. The lowest BCUT2D eigenvalue weighted by Crippen LogP contribution is -2.48. The molecule has 1 amide bonds. The third-order valence-electron chi connectivity index (χ3n) is 6.15. The normalized spacial score (nSPS) is 25.1. The molecule has 3 rings (SSSR count). The summed E-state index contributed by atoms with van der Waals surface area (Å²) in [6, 6.07) is 3.21. The number of nitrogens with zero attached hydrogens (tertiary/aromatic N) is 2. The molecule has 2 unspecified atom stereocenters. The minimum absolute atomic E-state index is 0.0644. The molecule has 0 bridgehead atoms. The predicted octanol–water partition coefficient (Wildman–Crippen LogP) is 5.20. The molecule has 1 aromatic carbocycles. The Labute approximate surface area is 206 Å². The predicted molar refractivity (Wildman–Crippen MR) is 132 cm³/mol. The Hall–Kier alpha value is -2.80. The zero-order chi connectivity index (χ0) is 24.5. The highest BCUT2D eigenvalue weighted by molar-refractivity contribution is 6.33. The number of hydrogen-bond acceptors (Lipinski definition) is 6. The Morgan fingerprint density at radius 3 is 2.65 bits per heavy atom. The number of halogens is 1. The molecule has 1 aromatic rings. The number of carbonyl (C=O) groups excluding carboxylic acids is 2. The SMILES string of the molecule is CC1CCCC(C)N1C(=O)CO/N=C1\C=C\CC/C=C/CCOC(=O)c2ccc(O)c(Cl)c2C1. The number of ether oxygens (including phenoxy) is 1. The zero-order valence-corrected chi connectivity index (χ0v) is 20.6. The molecule has 1 fully saturated rings. The summed E-state index contributed by atoms with van der Waals surface area (Å²) in [6.45, 7) is 4.19. The number of phenolic OH excluding ortho intramolecular Hbond substituents is 1. The summed E-state index contributed by atoms with van der Waals surface area (Å²) in [7, 11) is 0. The van der Waals surface area contributed by atoms with Crippen LogP contribution in [0.4, 0.5) is 0 Å². The third-order valence-corrected chi connectivity index (χ3v) is 6.57. The van der Waals surface area contributed by atoms with E-state index in [-0.39, 0.29) is 54.0 Å². The maximum atomic E-state index is 12.8. The Bertz CT molecular complexity index is 962. The first-order chi connectivity index (χ1) is 16.4. The highest BCUT2D eigenvalue weighted by Crippen LogP contribution is 2.31. The number of likely N-dealkylation sites (tertiary alicyclic amines) is 1. The number of rotatable bonds is 3. The molecule has 0 aromatic heterocycles. The smallest absolute Gasteiger partial charge is 0.338 e. The van der Waals surface area contributed by atoms with Crippen LogP contribution in [-0.2, 0) is 20.8 Å². The number of hydrogen-bond donors (Lipinski definition) is 1. The van der Waals surface area contributed by atoms with Crippen molar-refractivity contribution in [3.8, 4) is 5.75 Å². The van der Waals surface area contributed by atoms with E-state index >= 15 is 0 Å². The van der Waals surface area contributed by atoms with Gasteiger partial charge in [0.15, 0.2) is 6.61 Å². The largest absolute Gasteiger partial charge is 0.506 e. The van der Waals surface area contributed by atoms with Crippen molar-refractivity contribution in [2.75, 3.05) is 13.2 Å². The summed E-state index contributed by atoms with van der Waals surface area (Å²) in [6.07, 6.45) is 13.2. The fourth-order valence-corrected chi connectivity index (χ4v) is 4.61. The van der Waals surface area contributed by atoms with Gasteiger partial charge in [0.2, 0.25) is 0 Å². The molecule has 0 saturated carbocycles. The van der Waals surface area contributed by atoms with Crippen LogP contribution in [-0.4, -0.2) is 52.9 Å². The minimum atomic E-state index is -0.519. The van der Waals surface area contributed by atoms with Crippen LogP contribution in [0.25, 0.3) is 0 Å². The molecule has 34 heavy (non-hydrogen) atoms. The average molecular weight is 489 g/mol. The van der Waals surface area contributed by atoms with E-state index in [2.05, 4.69) is 19.0 Å². The molecule has 2 aliphatic rings. The monoisotopic (exact) mass is 488 g/mol. The highest BCUT2D eigenvalue weighted by atomic mass is 35.5. The second-order valence-electron chi connectivity index (χ2n) is 8.76. The topological polar surface area (TPSA) is 88.4 Å². The van der Waals surface area contributed by atoms with Crippen LogP contribution in [0.2, 0.25) is 5.02 Å². The van der Waals surface area contributed by atoms with Crippen molar-refractivity contribution in [2.24, 2.45) is 5.16 Å². The van der Waals surface area contributed by atoms with Gasteiger partial charge in [-0.15, -0.1) is 0 Å². The second-order valence-corrected chi connectivity index (χ2v) is 9.14. The summed E-state index contributed by atoms with van der Waals surface area (Å²) in [5.41, 5.74) is 1.14. The molecule has 0 aliphatic carbocycles. The fraction of sp³-hybridized carbons (Fsp3) is 0.500. The number of aromatic hydroxyl groups is 1. The fourth-order valence-electron chi connectivity index (χ4n) is 4.38. The first-order valence-electron chi connectivity index (χ1n) is 11.9. The number of benzene rings is 1. The van der Waals surface area contributed by atoms with E-state index in [0.29, 0.717) is 17.7 Å². The van der Waals surface area contributed by atoms with Crippen molar-refractivity contribution < 1.29 is 24.3 Å². The number of oxime groups is 1. The van der Waals surface area contributed by atoms with Gasteiger partial charge in [0, 0.05) is 18.5 Å². The van der Waals surface area contributed by atoms with Gasteiger partial charge in [0.05, 0.1) is 22.9 Å². The molecule has 0 radical (unpaired) electrons. The number of carbonyl (C=O) groups is 2. The summed E-state index contributed by atoms with van der Waals surface area (Å²) in [5.74, 6) is -0.752. The van der Waals surface area contributed by atoms with Crippen LogP contribution >= 0.6 is 11.6 Å². The van der Waals surface area contributed by atoms with Crippen molar-refractivity contribution in [1.29, 1.82) is 0 Å². The maximum Gasteiger partial charge on any atom is 0.338 e. The van der Waals surface area contributed by atoms with Gasteiger partial charge < -0.3 is 19.6 Å². The Kier molecular flexibility index (Phi) is 9.57. The lowest BCUT2D eigenvalue weighted by Gasteiger charge is -2.38. The molecule has 1 saturated heterocycles. The summed E-state index contributed by atoms with van der Waals surface area (Å²) in [5, 5.41) is 14.4. The standard InChI is InChI=1S/C26H33ClN2O5/c1-18-10-9-11-19(2)29(18)24(31)17-34-28-20-12-7-5-3-4-6-8-15-33-26(32)21-13-14-23(30)25(27)22(21)16-20/h4,6-7,12-14,18-19,30H,3,5,8-11,15-17H2,1-2H3/b6-4+,12-7+,28-20+. The van der Waals surface area contributed by atoms with Crippen molar-refractivity contribution in [2.45, 2.75) is 70.9 Å². The number of esters is 1. The van der Waals surface area contributed by atoms with Crippen LogP contribution < -0.4 is 0 Å². The van der Waals surface area contributed by atoms with Gasteiger partial charge in [-0.25, -0.2) is 4.79 Å². The number of cyclic esters (lactones) is 1. The van der Waals surface area contributed by atoms with E-state index in [0.717, 1.165) is 32.1 Å². The molecule has 2 heterocycles. The minimum Gasteiger partial charge on any atom is -0.506 e. The molecule has 0 spiro atoms. The summed E-state index contributed by atoms with van der Waals surface area (Å²) >= 11 is 6.36. The van der Waals surface area contributed by atoms with Crippen molar-refractivity contribution in [3.63, 3.8) is 0 Å². The van der Waals surface area contributed by atoms with Gasteiger partial charge in [-0.05, 0) is 76.1 Å². The van der Waals surface area contributed by atoms with E-state index in [4.69, 9.17) is 21.2 Å². The number of phenols is 1. The maximum absolute atomic E-state index is 12.8. The van der Waals surface area contributed by atoms with Gasteiger partial charge >= 0.3 is 5.97 Å². The van der Waals surface area contributed by atoms with E-state index in [9.17, 15) is 14.7 Å². The van der Waals surface area contributed by atoms with Gasteiger partial charge in [-0.2, -0.15) is 0 Å². The third kappa shape index (κ3) is 6.86. The molecular formula is C26H33ClN2O5. The van der Waals surface area contributed by atoms with Crippen LogP contribution in [0.5, 0.6) is 5.75 Å². The van der Waals surface area contributed by atoms with Gasteiger partial charge in [-0.3, -0.25) is 4.79 Å². The second kappa shape index (κ2) is 12.6. The lowest BCUT2D eigenvalue weighted by atomic mass is 9.97. The molecule has 2 aliphatic heterocycles. The van der Waals surface area contributed by atoms with Crippen LogP contribution in [0.3, 0.4) is 0 Å². The van der Waals surface area contributed by atoms with Crippen molar-refractivity contribution in [1.82, 2.24) is 4.90 Å². The molecule has 184 valence electrons. The molecule has 8 heteroatoms. The van der Waals surface area contributed by atoms with Gasteiger partial charge in [0.25, 0.3) is 5.91 Å². The first-order valence-corrected chi connectivity index (χ1v) is 12.2. The van der Waals surface area contributed by atoms with E-state index in [1.807, 2.05) is 23.1 Å². The zero-order valence-electron chi connectivity index (χ0n) is 19.8. The highest BCUT2D eigenvalue weighted by Gasteiger charge is 2.29. The lowest BCUT2D eigenvalue weighted by molar-refractivity contribution is -0.142. The quantitative estimate of drug-likeness (QED) is 0.358. The first kappa shape index (κ1) is 25.8. The number of fused-ring (bicyclic) bond motifs is 1. The van der Waals surface area contributed by atoms with Gasteiger partial charge in [-0.1, -0.05) is 35.0 Å². The van der Waals surface area contributed by atoms with Crippen molar-refractivity contribution in [3.05, 3.63) is 52.6 Å². The van der Waals surface area contributed by atoms with Crippen molar-refractivity contribution >= 4 is 29.2 Å². The summed E-state index contributed by atoms with van der Waals surface area (Å²) < 4.78 is 5.37.